The summed E-state index contributed by atoms with van der Waals surface area (Å²) in [6, 6.07) is 0. The molecule has 3 amide bonds. The van der Waals surface area contributed by atoms with E-state index in [1.54, 1.807) is 0 Å². The van der Waals surface area contributed by atoms with E-state index in [0.717, 1.165) is 6.42 Å². The van der Waals surface area contributed by atoms with E-state index in [0.29, 0.717) is 19.4 Å². The molecule has 0 spiro atoms. The summed E-state index contributed by atoms with van der Waals surface area (Å²) >= 11 is 0. The number of amides is 3. The number of carbonyl (C=O) groups is 3. The summed E-state index contributed by atoms with van der Waals surface area (Å²) in [5.74, 6) is -0.398. The summed E-state index contributed by atoms with van der Waals surface area (Å²) < 4.78 is 0. The zero-order chi connectivity index (χ0) is 11.7. The first kappa shape index (κ1) is 13.2. The zero-order valence-electron chi connectivity index (χ0n) is 8.58. The molecular formula is C9H15N3O3. The van der Waals surface area contributed by atoms with E-state index < -0.39 is 12.1 Å². The molecule has 84 valence electrons. The molecule has 0 fully saturated rings. The SMILES string of the molecule is C=C(C(=O)NCCC)C(NC=O)NC=O. The van der Waals surface area contributed by atoms with E-state index >= 15 is 0 Å². The van der Waals surface area contributed by atoms with Gasteiger partial charge < -0.3 is 16.0 Å². The minimum absolute atomic E-state index is 0.0858. The second-order valence-electron chi connectivity index (χ2n) is 2.78. The molecule has 0 rings (SSSR count). The van der Waals surface area contributed by atoms with Crippen LogP contribution >= 0.6 is 0 Å². The molecule has 3 N–H and O–H groups in total. The van der Waals surface area contributed by atoms with Gasteiger partial charge in [0.15, 0.2) is 0 Å². The van der Waals surface area contributed by atoms with Crippen molar-refractivity contribution in [3.8, 4) is 0 Å². The Hall–Kier alpha value is -1.85. The molecule has 0 aliphatic carbocycles. The summed E-state index contributed by atoms with van der Waals surface area (Å²) in [4.78, 5) is 31.8. The Labute approximate surface area is 88.1 Å². The molecule has 0 aromatic carbocycles. The van der Waals surface area contributed by atoms with Crippen LogP contribution < -0.4 is 16.0 Å². The molecule has 0 heterocycles. The highest BCUT2D eigenvalue weighted by Gasteiger charge is 2.16. The van der Waals surface area contributed by atoms with Gasteiger partial charge in [-0.05, 0) is 6.42 Å². The van der Waals surface area contributed by atoms with Crippen LogP contribution in [0.2, 0.25) is 0 Å². The Morgan fingerprint density at radius 2 is 1.87 bits per heavy atom. The van der Waals surface area contributed by atoms with Crippen molar-refractivity contribution in [2.75, 3.05) is 6.54 Å². The van der Waals surface area contributed by atoms with Crippen molar-refractivity contribution in [1.29, 1.82) is 0 Å². The van der Waals surface area contributed by atoms with Gasteiger partial charge in [0, 0.05) is 6.54 Å². The summed E-state index contributed by atoms with van der Waals surface area (Å²) in [5, 5.41) is 7.09. The molecule has 6 nitrogen and oxygen atoms in total. The lowest BCUT2D eigenvalue weighted by molar-refractivity contribution is -0.118. The van der Waals surface area contributed by atoms with E-state index in [4.69, 9.17) is 0 Å². The monoisotopic (exact) mass is 213 g/mol. The first-order chi connectivity index (χ1) is 7.17. The number of carbonyl (C=O) groups excluding carboxylic acids is 3. The van der Waals surface area contributed by atoms with Crippen LogP contribution in [0.1, 0.15) is 13.3 Å². The largest absolute Gasteiger partial charge is 0.352 e. The summed E-state index contributed by atoms with van der Waals surface area (Å²) in [6.45, 7) is 5.92. The molecule has 0 saturated carbocycles. The van der Waals surface area contributed by atoms with Crippen molar-refractivity contribution in [2.45, 2.75) is 19.5 Å². The van der Waals surface area contributed by atoms with Crippen LogP contribution in [0.15, 0.2) is 12.2 Å². The number of rotatable bonds is 8. The van der Waals surface area contributed by atoms with E-state index in [2.05, 4.69) is 22.5 Å². The third-order valence-electron chi connectivity index (χ3n) is 1.65. The van der Waals surface area contributed by atoms with Gasteiger partial charge in [-0.1, -0.05) is 13.5 Å². The minimum atomic E-state index is -0.864. The van der Waals surface area contributed by atoms with Crippen LogP contribution in [0.3, 0.4) is 0 Å². The van der Waals surface area contributed by atoms with Crippen LogP contribution in [0.25, 0.3) is 0 Å². The molecule has 0 aromatic heterocycles. The van der Waals surface area contributed by atoms with Crippen LogP contribution in [0.5, 0.6) is 0 Å². The van der Waals surface area contributed by atoms with Crippen LogP contribution in [0.4, 0.5) is 0 Å². The molecular weight excluding hydrogens is 198 g/mol. The molecule has 0 aromatic rings. The molecule has 6 heteroatoms. The fourth-order valence-corrected chi connectivity index (χ4v) is 0.869. The Morgan fingerprint density at radius 1 is 1.33 bits per heavy atom. The number of nitrogens with one attached hydrogen (secondary N) is 3. The van der Waals surface area contributed by atoms with Gasteiger partial charge in [0.05, 0.1) is 5.57 Å². The van der Waals surface area contributed by atoms with Crippen LogP contribution in [-0.4, -0.2) is 31.4 Å². The molecule has 0 aliphatic heterocycles. The van der Waals surface area contributed by atoms with Crippen molar-refractivity contribution in [3.63, 3.8) is 0 Å². The van der Waals surface area contributed by atoms with E-state index in [1.807, 2.05) is 6.92 Å². The first-order valence-corrected chi connectivity index (χ1v) is 4.53. The van der Waals surface area contributed by atoms with Gasteiger partial charge in [-0.2, -0.15) is 0 Å². The summed E-state index contributed by atoms with van der Waals surface area (Å²) in [5.41, 5.74) is 0.0858. The van der Waals surface area contributed by atoms with Crippen molar-refractivity contribution in [3.05, 3.63) is 12.2 Å². The lowest BCUT2D eigenvalue weighted by Crippen LogP contribution is -2.46. The Bertz CT molecular complexity index is 243. The molecule has 15 heavy (non-hydrogen) atoms. The third kappa shape index (κ3) is 4.80. The maximum absolute atomic E-state index is 11.4. The topological polar surface area (TPSA) is 87.3 Å². The van der Waals surface area contributed by atoms with Gasteiger partial charge in [-0.15, -0.1) is 0 Å². The Balaban J connectivity index is 4.27. The minimum Gasteiger partial charge on any atom is -0.352 e. The molecule has 0 aliphatic rings. The fraction of sp³-hybridized carbons (Fsp3) is 0.444. The molecule has 0 radical (unpaired) electrons. The number of hydrogen-bond acceptors (Lipinski definition) is 3. The number of hydrogen-bond donors (Lipinski definition) is 3. The van der Waals surface area contributed by atoms with Crippen molar-refractivity contribution in [1.82, 2.24) is 16.0 Å². The zero-order valence-corrected chi connectivity index (χ0v) is 8.58. The highest BCUT2D eigenvalue weighted by Crippen LogP contribution is 1.95. The van der Waals surface area contributed by atoms with E-state index in [-0.39, 0.29) is 5.57 Å². The smallest absolute Gasteiger partial charge is 0.250 e. The van der Waals surface area contributed by atoms with E-state index in [1.165, 1.54) is 0 Å². The van der Waals surface area contributed by atoms with Crippen LogP contribution in [0, 0.1) is 0 Å². The normalized spacial score (nSPS) is 9.20. The third-order valence-corrected chi connectivity index (χ3v) is 1.65. The van der Waals surface area contributed by atoms with Crippen molar-refractivity contribution >= 4 is 18.7 Å². The van der Waals surface area contributed by atoms with Crippen LogP contribution in [-0.2, 0) is 14.4 Å². The van der Waals surface area contributed by atoms with Gasteiger partial charge in [0.25, 0.3) is 5.91 Å². The summed E-state index contributed by atoms with van der Waals surface area (Å²) in [7, 11) is 0. The maximum atomic E-state index is 11.4. The highest BCUT2D eigenvalue weighted by atomic mass is 16.2. The van der Waals surface area contributed by atoms with Gasteiger partial charge in [-0.3, -0.25) is 14.4 Å². The van der Waals surface area contributed by atoms with Crippen molar-refractivity contribution in [2.24, 2.45) is 0 Å². The lowest BCUT2D eigenvalue weighted by atomic mass is 10.2. The predicted molar refractivity (Wildman–Crippen MR) is 54.6 cm³/mol. The lowest BCUT2D eigenvalue weighted by Gasteiger charge is -2.17. The highest BCUT2D eigenvalue weighted by molar-refractivity contribution is 5.94. The second kappa shape index (κ2) is 7.54. The maximum Gasteiger partial charge on any atom is 0.250 e. The fourth-order valence-electron chi connectivity index (χ4n) is 0.869. The predicted octanol–water partition coefficient (Wildman–Crippen LogP) is -1.11. The Morgan fingerprint density at radius 3 is 2.27 bits per heavy atom. The average Bonchev–Trinajstić information content (AvgIpc) is 2.24. The van der Waals surface area contributed by atoms with Gasteiger partial charge in [-0.25, -0.2) is 0 Å². The summed E-state index contributed by atoms with van der Waals surface area (Å²) in [6.07, 6.45) is 0.710. The second-order valence-corrected chi connectivity index (χ2v) is 2.78. The van der Waals surface area contributed by atoms with Gasteiger partial charge >= 0.3 is 0 Å². The average molecular weight is 213 g/mol. The van der Waals surface area contributed by atoms with Gasteiger partial charge in [0.1, 0.15) is 6.17 Å². The molecule has 0 atom stereocenters. The first-order valence-electron chi connectivity index (χ1n) is 4.53. The molecule has 0 unspecified atom stereocenters. The molecule has 0 saturated heterocycles. The Kier molecular flexibility index (Phi) is 6.61. The van der Waals surface area contributed by atoms with E-state index in [9.17, 15) is 14.4 Å². The quantitative estimate of drug-likeness (QED) is 0.271. The molecule has 0 bridgehead atoms. The van der Waals surface area contributed by atoms with Crippen molar-refractivity contribution < 1.29 is 14.4 Å². The van der Waals surface area contributed by atoms with Gasteiger partial charge in [0.2, 0.25) is 12.8 Å². The standard InChI is InChI=1S/C9H15N3O3/c1-3-4-10-9(15)7(2)8(11-5-13)12-6-14/h5-6,8H,2-4H2,1H3,(H,10,15)(H,11,13)(H,12,14).